The van der Waals surface area contributed by atoms with E-state index in [0.717, 1.165) is 4.83 Å². The standard InChI is InChI=1S/C8H11Br/c1-7(3-4-7)8(2)5-6(8)9/h3-4,6H,5H2,1-2H3/t6-,8-/m0/s1. The molecule has 2 aliphatic carbocycles. The predicted octanol–water partition coefficient (Wildman–Crippen LogP) is 2.74. The Labute approximate surface area is 64.5 Å². The minimum absolute atomic E-state index is 0.473. The highest BCUT2D eigenvalue weighted by Crippen LogP contribution is 2.67. The molecule has 9 heavy (non-hydrogen) atoms. The van der Waals surface area contributed by atoms with Gasteiger partial charge in [0, 0.05) is 10.2 Å². The van der Waals surface area contributed by atoms with Crippen LogP contribution < -0.4 is 0 Å². The minimum atomic E-state index is 0.473. The number of allylic oxidation sites excluding steroid dienone is 2. The Morgan fingerprint density at radius 3 is 2.00 bits per heavy atom. The number of hydrogen-bond acceptors (Lipinski definition) is 0. The summed E-state index contributed by atoms with van der Waals surface area (Å²) >= 11 is 3.64. The van der Waals surface area contributed by atoms with Crippen molar-refractivity contribution in [3.05, 3.63) is 12.2 Å². The molecule has 2 rings (SSSR count). The minimum Gasteiger partial charge on any atom is -0.0884 e. The smallest absolute Gasteiger partial charge is 0.0217 e. The SMILES string of the molecule is CC1([C@@]2(C)C[C@@H]2Br)C=C1. The summed E-state index contributed by atoms with van der Waals surface area (Å²) in [4.78, 5) is 0.769. The van der Waals surface area contributed by atoms with Gasteiger partial charge in [-0.1, -0.05) is 41.9 Å². The first-order chi connectivity index (χ1) is 4.08. The molecule has 1 heteroatoms. The van der Waals surface area contributed by atoms with Crippen molar-refractivity contribution in [1.82, 2.24) is 0 Å². The van der Waals surface area contributed by atoms with E-state index in [9.17, 15) is 0 Å². The second-order valence-electron chi connectivity index (χ2n) is 3.71. The maximum atomic E-state index is 3.64. The van der Waals surface area contributed by atoms with Crippen LogP contribution in [0.4, 0.5) is 0 Å². The maximum Gasteiger partial charge on any atom is 0.0217 e. The lowest BCUT2D eigenvalue weighted by atomic mass is 9.87. The number of rotatable bonds is 1. The maximum absolute atomic E-state index is 3.64. The first-order valence-electron chi connectivity index (χ1n) is 3.43. The van der Waals surface area contributed by atoms with Crippen LogP contribution in [-0.4, -0.2) is 4.83 Å². The third-order valence-corrected chi connectivity index (χ3v) is 4.37. The number of halogens is 1. The van der Waals surface area contributed by atoms with Gasteiger partial charge in [-0.2, -0.15) is 0 Å². The van der Waals surface area contributed by atoms with E-state index in [1.807, 2.05) is 0 Å². The summed E-state index contributed by atoms with van der Waals surface area (Å²) in [6.07, 6.45) is 5.97. The summed E-state index contributed by atoms with van der Waals surface area (Å²) in [5, 5.41) is 0. The van der Waals surface area contributed by atoms with Crippen LogP contribution in [0.2, 0.25) is 0 Å². The van der Waals surface area contributed by atoms with Crippen LogP contribution in [0.5, 0.6) is 0 Å². The normalized spacial score (nSPS) is 51.2. The molecule has 0 aliphatic heterocycles. The van der Waals surface area contributed by atoms with Crippen LogP contribution in [0.25, 0.3) is 0 Å². The van der Waals surface area contributed by atoms with E-state index in [1.54, 1.807) is 0 Å². The van der Waals surface area contributed by atoms with Gasteiger partial charge in [-0.05, 0) is 11.8 Å². The highest BCUT2D eigenvalue weighted by molar-refractivity contribution is 9.09. The molecule has 0 spiro atoms. The molecule has 50 valence electrons. The molecular weight excluding hydrogens is 176 g/mol. The monoisotopic (exact) mass is 186 g/mol. The first-order valence-corrected chi connectivity index (χ1v) is 4.35. The van der Waals surface area contributed by atoms with Crippen molar-refractivity contribution in [2.75, 3.05) is 0 Å². The fourth-order valence-electron chi connectivity index (χ4n) is 1.38. The number of hydrogen-bond donors (Lipinski definition) is 0. The van der Waals surface area contributed by atoms with Gasteiger partial charge in [0.25, 0.3) is 0 Å². The summed E-state index contributed by atoms with van der Waals surface area (Å²) in [5.41, 5.74) is 1.04. The molecule has 0 aromatic heterocycles. The third-order valence-electron chi connectivity index (χ3n) is 3.03. The topological polar surface area (TPSA) is 0 Å². The zero-order valence-corrected chi connectivity index (χ0v) is 7.40. The Kier molecular flexibility index (Phi) is 0.855. The van der Waals surface area contributed by atoms with Gasteiger partial charge >= 0.3 is 0 Å². The van der Waals surface area contributed by atoms with Crippen molar-refractivity contribution < 1.29 is 0 Å². The molecule has 0 radical (unpaired) electrons. The van der Waals surface area contributed by atoms with Gasteiger partial charge in [0.1, 0.15) is 0 Å². The van der Waals surface area contributed by atoms with Gasteiger partial charge in [0.2, 0.25) is 0 Å². The van der Waals surface area contributed by atoms with Crippen LogP contribution in [0.1, 0.15) is 20.3 Å². The van der Waals surface area contributed by atoms with Gasteiger partial charge in [-0.25, -0.2) is 0 Å². The molecule has 0 N–H and O–H groups in total. The van der Waals surface area contributed by atoms with Crippen LogP contribution in [-0.2, 0) is 0 Å². The van der Waals surface area contributed by atoms with E-state index in [1.165, 1.54) is 6.42 Å². The quantitative estimate of drug-likeness (QED) is 0.437. The van der Waals surface area contributed by atoms with Crippen molar-refractivity contribution >= 4 is 15.9 Å². The van der Waals surface area contributed by atoms with Crippen LogP contribution in [0.15, 0.2) is 12.2 Å². The van der Waals surface area contributed by atoms with Crippen LogP contribution in [0, 0.1) is 10.8 Å². The highest BCUT2D eigenvalue weighted by atomic mass is 79.9. The zero-order valence-electron chi connectivity index (χ0n) is 5.82. The lowest BCUT2D eigenvalue weighted by Crippen LogP contribution is -2.13. The molecule has 0 aromatic rings. The lowest BCUT2D eigenvalue weighted by Gasteiger charge is -2.17. The molecule has 1 fully saturated rings. The molecule has 0 nitrogen and oxygen atoms in total. The summed E-state index contributed by atoms with van der Waals surface area (Å²) in [6, 6.07) is 0. The van der Waals surface area contributed by atoms with Crippen molar-refractivity contribution in [3.8, 4) is 0 Å². The van der Waals surface area contributed by atoms with Crippen molar-refractivity contribution in [1.29, 1.82) is 0 Å². The second-order valence-corrected chi connectivity index (χ2v) is 4.81. The van der Waals surface area contributed by atoms with Gasteiger partial charge in [-0.15, -0.1) is 0 Å². The second kappa shape index (κ2) is 1.29. The Balaban J connectivity index is 2.15. The van der Waals surface area contributed by atoms with E-state index in [0.29, 0.717) is 10.8 Å². The summed E-state index contributed by atoms with van der Waals surface area (Å²) in [5.74, 6) is 0. The van der Waals surface area contributed by atoms with Crippen molar-refractivity contribution in [2.45, 2.75) is 25.1 Å². The fraction of sp³-hybridized carbons (Fsp3) is 0.750. The Hall–Kier alpha value is 0.220. The summed E-state index contributed by atoms with van der Waals surface area (Å²) in [7, 11) is 0. The molecular formula is C8H11Br. The average Bonchev–Trinajstić information content (AvgIpc) is 2.57. The number of alkyl halides is 1. The molecule has 0 saturated heterocycles. The van der Waals surface area contributed by atoms with Crippen LogP contribution >= 0.6 is 15.9 Å². The first kappa shape index (κ1) is 5.96. The van der Waals surface area contributed by atoms with E-state index >= 15 is 0 Å². The van der Waals surface area contributed by atoms with E-state index in [-0.39, 0.29) is 0 Å². The van der Waals surface area contributed by atoms with E-state index < -0.39 is 0 Å². The van der Waals surface area contributed by atoms with Gasteiger partial charge < -0.3 is 0 Å². The molecule has 0 aromatic carbocycles. The molecule has 1 saturated carbocycles. The zero-order chi connectivity index (χ0) is 6.70. The Morgan fingerprint density at radius 1 is 1.44 bits per heavy atom. The summed E-state index contributed by atoms with van der Waals surface area (Å²) < 4.78 is 0. The molecule has 0 heterocycles. The predicted molar refractivity (Wildman–Crippen MR) is 42.7 cm³/mol. The molecule has 0 amide bonds. The molecule has 2 atom stereocenters. The van der Waals surface area contributed by atoms with Crippen molar-refractivity contribution in [3.63, 3.8) is 0 Å². The van der Waals surface area contributed by atoms with Gasteiger partial charge in [0.05, 0.1) is 0 Å². The van der Waals surface area contributed by atoms with Crippen molar-refractivity contribution in [2.24, 2.45) is 10.8 Å². The lowest BCUT2D eigenvalue weighted by molar-refractivity contribution is 0.385. The van der Waals surface area contributed by atoms with Crippen LogP contribution in [0.3, 0.4) is 0 Å². The molecule has 2 aliphatic rings. The largest absolute Gasteiger partial charge is 0.0884 e. The van der Waals surface area contributed by atoms with E-state index in [2.05, 4.69) is 41.9 Å². The highest BCUT2D eigenvalue weighted by Gasteiger charge is 2.61. The van der Waals surface area contributed by atoms with Gasteiger partial charge in [0.15, 0.2) is 0 Å². The molecule has 0 unspecified atom stereocenters. The Bertz CT molecular complexity index is 177. The molecule has 0 bridgehead atoms. The average molecular weight is 187 g/mol. The summed E-state index contributed by atoms with van der Waals surface area (Å²) in [6.45, 7) is 4.67. The Morgan fingerprint density at radius 2 is 1.89 bits per heavy atom. The fourth-order valence-corrected chi connectivity index (χ4v) is 2.54. The van der Waals surface area contributed by atoms with Gasteiger partial charge in [-0.3, -0.25) is 0 Å². The van der Waals surface area contributed by atoms with E-state index in [4.69, 9.17) is 0 Å². The third kappa shape index (κ3) is 0.590.